The zero-order valence-electron chi connectivity index (χ0n) is 10.6. The normalized spacial score (nSPS) is 17.2. The van der Waals surface area contributed by atoms with E-state index in [4.69, 9.17) is 0 Å². The lowest BCUT2D eigenvalue weighted by molar-refractivity contribution is -0.127. The summed E-state index contributed by atoms with van der Waals surface area (Å²) in [6.45, 7) is 2.67. The Labute approximate surface area is 106 Å². The number of rotatable bonds is 5. The van der Waals surface area contributed by atoms with E-state index in [1.54, 1.807) is 11.3 Å². The number of carbonyl (C=O) groups excluding carboxylic acids is 1. The van der Waals surface area contributed by atoms with Crippen LogP contribution in [-0.4, -0.2) is 35.4 Å². The van der Waals surface area contributed by atoms with Gasteiger partial charge < -0.3 is 5.32 Å². The molecule has 1 heterocycles. The molecule has 0 saturated heterocycles. The molecule has 0 bridgehead atoms. The van der Waals surface area contributed by atoms with Gasteiger partial charge in [0.15, 0.2) is 0 Å². The van der Waals surface area contributed by atoms with Crippen molar-refractivity contribution < 1.29 is 4.79 Å². The molecule has 1 N–H and O–H groups in total. The highest BCUT2D eigenvalue weighted by Gasteiger charge is 2.51. The predicted molar refractivity (Wildman–Crippen MR) is 69.0 cm³/mol. The summed E-state index contributed by atoms with van der Waals surface area (Å²) in [5.41, 5.74) is -0.245. The number of aryl methyl sites for hydroxylation is 1. The maximum Gasteiger partial charge on any atom is 0.240 e. The van der Waals surface area contributed by atoms with Crippen molar-refractivity contribution in [3.63, 3.8) is 0 Å². The van der Waals surface area contributed by atoms with Crippen LogP contribution in [0.4, 0.5) is 0 Å². The number of hydrogen-bond donors (Lipinski definition) is 1. The number of thiazole rings is 1. The molecule has 1 aliphatic rings. The smallest absolute Gasteiger partial charge is 0.240 e. The Morgan fingerprint density at radius 3 is 2.76 bits per heavy atom. The van der Waals surface area contributed by atoms with Gasteiger partial charge in [-0.05, 0) is 33.4 Å². The Morgan fingerprint density at radius 1 is 1.59 bits per heavy atom. The van der Waals surface area contributed by atoms with E-state index in [2.05, 4.69) is 17.2 Å². The van der Waals surface area contributed by atoms with Crippen LogP contribution < -0.4 is 5.32 Å². The molecule has 0 radical (unpaired) electrons. The van der Waals surface area contributed by atoms with Crippen molar-refractivity contribution in [2.75, 3.05) is 14.1 Å². The van der Waals surface area contributed by atoms with Crippen molar-refractivity contribution >= 4 is 17.2 Å². The van der Waals surface area contributed by atoms with Crippen molar-refractivity contribution in [2.24, 2.45) is 0 Å². The first-order valence-electron chi connectivity index (χ1n) is 5.98. The van der Waals surface area contributed by atoms with Gasteiger partial charge in [-0.3, -0.25) is 9.69 Å². The molecule has 1 aromatic rings. The third kappa shape index (κ3) is 2.50. The third-order valence-electron chi connectivity index (χ3n) is 3.35. The molecule has 0 atom stereocenters. The third-order valence-corrected chi connectivity index (χ3v) is 4.49. The number of nitrogens with one attached hydrogen (secondary N) is 1. The van der Waals surface area contributed by atoms with Gasteiger partial charge in [0.1, 0.15) is 5.01 Å². The first kappa shape index (κ1) is 12.5. The average molecular weight is 253 g/mol. The maximum atomic E-state index is 12.0. The summed E-state index contributed by atoms with van der Waals surface area (Å²) in [5.74, 6) is 0.135. The molecule has 4 nitrogen and oxygen atoms in total. The number of aromatic nitrogens is 1. The van der Waals surface area contributed by atoms with Crippen LogP contribution in [0.5, 0.6) is 0 Å². The molecule has 0 spiro atoms. The van der Waals surface area contributed by atoms with Crippen molar-refractivity contribution in [3.05, 3.63) is 16.1 Å². The molecule has 1 amide bonds. The van der Waals surface area contributed by atoms with Gasteiger partial charge in [-0.15, -0.1) is 11.3 Å². The van der Waals surface area contributed by atoms with Crippen LogP contribution >= 0.6 is 11.3 Å². The van der Waals surface area contributed by atoms with Gasteiger partial charge in [-0.25, -0.2) is 4.98 Å². The minimum atomic E-state index is -0.245. The van der Waals surface area contributed by atoms with Crippen molar-refractivity contribution in [2.45, 2.75) is 38.3 Å². The summed E-state index contributed by atoms with van der Waals surface area (Å²) >= 11 is 1.67. The Kier molecular flexibility index (Phi) is 3.49. The first-order chi connectivity index (χ1) is 8.08. The minimum Gasteiger partial charge on any atom is -0.348 e. The Balaban J connectivity index is 1.88. The second-order valence-corrected chi connectivity index (χ2v) is 5.88. The van der Waals surface area contributed by atoms with E-state index >= 15 is 0 Å². The van der Waals surface area contributed by atoms with Gasteiger partial charge in [0.05, 0.1) is 12.1 Å². The molecule has 5 heteroatoms. The zero-order valence-corrected chi connectivity index (χ0v) is 11.4. The molecule has 2 rings (SSSR count). The van der Waals surface area contributed by atoms with Crippen molar-refractivity contribution in [3.8, 4) is 0 Å². The predicted octanol–water partition coefficient (Wildman–Crippen LogP) is 1.42. The van der Waals surface area contributed by atoms with Gasteiger partial charge >= 0.3 is 0 Å². The lowest BCUT2D eigenvalue weighted by Crippen LogP contribution is -2.45. The largest absolute Gasteiger partial charge is 0.348 e. The second kappa shape index (κ2) is 4.74. The molecule has 1 aliphatic carbocycles. The molecule has 1 saturated carbocycles. The molecule has 94 valence electrons. The molecule has 0 aliphatic heterocycles. The molecular formula is C12H19N3OS. The van der Waals surface area contributed by atoms with E-state index in [1.807, 2.05) is 25.2 Å². The first-order valence-corrected chi connectivity index (χ1v) is 6.79. The maximum absolute atomic E-state index is 12.0. The molecule has 1 aromatic heterocycles. The minimum absolute atomic E-state index is 0.135. The molecule has 0 unspecified atom stereocenters. The molecule has 1 fully saturated rings. The zero-order chi connectivity index (χ0) is 12.5. The van der Waals surface area contributed by atoms with Crippen LogP contribution in [-0.2, 0) is 17.8 Å². The highest BCUT2D eigenvalue weighted by molar-refractivity contribution is 7.11. The highest BCUT2D eigenvalue weighted by atomic mass is 32.1. The number of amides is 1. The number of likely N-dealkylation sites (N-methyl/N-ethyl adjacent to an activating group) is 1. The van der Waals surface area contributed by atoms with E-state index < -0.39 is 0 Å². The van der Waals surface area contributed by atoms with Crippen LogP contribution in [0.1, 0.15) is 29.7 Å². The molecule has 0 aromatic carbocycles. The van der Waals surface area contributed by atoms with E-state index in [0.29, 0.717) is 6.54 Å². The lowest BCUT2D eigenvalue weighted by Gasteiger charge is -2.22. The van der Waals surface area contributed by atoms with E-state index in [1.165, 1.54) is 4.88 Å². The second-order valence-electron chi connectivity index (χ2n) is 4.68. The van der Waals surface area contributed by atoms with Crippen LogP contribution in [0, 0.1) is 0 Å². The highest BCUT2D eigenvalue weighted by Crippen LogP contribution is 2.40. The van der Waals surface area contributed by atoms with Gasteiger partial charge in [0, 0.05) is 11.1 Å². The van der Waals surface area contributed by atoms with Crippen molar-refractivity contribution in [1.82, 2.24) is 15.2 Å². The van der Waals surface area contributed by atoms with Gasteiger partial charge in [-0.1, -0.05) is 6.92 Å². The van der Waals surface area contributed by atoms with E-state index in [-0.39, 0.29) is 11.4 Å². The quantitative estimate of drug-likeness (QED) is 0.863. The molecular weight excluding hydrogens is 234 g/mol. The monoisotopic (exact) mass is 253 g/mol. The fourth-order valence-electron chi connectivity index (χ4n) is 1.91. The van der Waals surface area contributed by atoms with Gasteiger partial charge in [0.2, 0.25) is 5.91 Å². The summed E-state index contributed by atoms with van der Waals surface area (Å²) in [6.07, 6.45) is 4.83. The Bertz CT molecular complexity index is 410. The topological polar surface area (TPSA) is 45.2 Å². The van der Waals surface area contributed by atoms with E-state index in [9.17, 15) is 4.79 Å². The molecule has 17 heavy (non-hydrogen) atoms. The van der Waals surface area contributed by atoms with Gasteiger partial charge in [0.25, 0.3) is 0 Å². The Hall–Kier alpha value is -0.940. The summed E-state index contributed by atoms with van der Waals surface area (Å²) in [5, 5.41) is 3.98. The summed E-state index contributed by atoms with van der Waals surface area (Å²) in [7, 11) is 3.93. The van der Waals surface area contributed by atoms with E-state index in [0.717, 1.165) is 24.3 Å². The van der Waals surface area contributed by atoms with Crippen LogP contribution in [0.2, 0.25) is 0 Å². The summed E-state index contributed by atoms with van der Waals surface area (Å²) in [6, 6.07) is 0. The lowest BCUT2D eigenvalue weighted by atomic mass is 10.2. The number of nitrogens with zero attached hydrogens (tertiary/aromatic N) is 2. The Morgan fingerprint density at radius 2 is 2.29 bits per heavy atom. The fourth-order valence-corrected chi connectivity index (χ4v) is 2.71. The SMILES string of the molecule is CCc1cnc(CNC(=O)C2(N(C)C)CC2)s1. The fraction of sp³-hybridized carbons (Fsp3) is 0.667. The number of hydrogen-bond acceptors (Lipinski definition) is 4. The summed E-state index contributed by atoms with van der Waals surface area (Å²) in [4.78, 5) is 19.6. The van der Waals surface area contributed by atoms with Crippen LogP contribution in [0.25, 0.3) is 0 Å². The van der Waals surface area contributed by atoms with Crippen molar-refractivity contribution in [1.29, 1.82) is 0 Å². The average Bonchev–Trinajstić information content (AvgIpc) is 3.00. The standard InChI is InChI=1S/C12H19N3OS/c1-4-9-7-13-10(17-9)8-14-11(16)12(5-6-12)15(2)3/h7H,4-6,8H2,1-3H3,(H,14,16). The van der Waals surface area contributed by atoms with Gasteiger partial charge in [-0.2, -0.15) is 0 Å². The van der Waals surface area contributed by atoms with Crippen LogP contribution in [0.3, 0.4) is 0 Å². The van der Waals surface area contributed by atoms with Crippen LogP contribution in [0.15, 0.2) is 6.20 Å². The summed E-state index contributed by atoms with van der Waals surface area (Å²) < 4.78 is 0. The number of carbonyl (C=O) groups is 1.